The fourth-order valence-electron chi connectivity index (χ4n) is 2.94. The third kappa shape index (κ3) is 3.13. The smallest absolute Gasteiger partial charge is 0.147 e. The first-order valence-corrected chi connectivity index (χ1v) is 8.48. The quantitative estimate of drug-likeness (QED) is 0.874. The first-order chi connectivity index (χ1) is 10.7. The Balaban J connectivity index is 1.70. The highest BCUT2D eigenvalue weighted by Crippen LogP contribution is 2.23. The Kier molecular flexibility index (Phi) is 4.41. The fraction of sp³-hybridized carbons (Fsp3) is 0.412. The standard InChI is InChI=1S/C17H20N4S/c1-13-9-14(2)19-17(16(13)10-18)21-6-4-20(5-7-21)11-15-3-8-22-12-15/h3,8-9,12H,4-7,11H2,1-2H3. The summed E-state index contributed by atoms with van der Waals surface area (Å²) in [7, 11) is 0. The molecule has 5 heteroatoms. The van der Waals surface area contributed by atoms with Gasteiger partial charge < -0.3 is 4.90 Å². The molecule has 0 saturated carbocycles. The molecule has 3 rings (SSSR count). The Labute approximate surface area is 135 Å². The number of nitriles is 1. The number of aromatic nitrogens is 1. The van der Waals surface area contributed by atoms with Gasteiger partial charge in [-0.3, -0.25) is 4.90 Å². The number of anilines is 1. The second kappa shape index (κ2) is 6.47. The van der Waals surface area contributed by atoms with Gasteiger partial charge in [0.25, 0.3) is 0 Å². The summed E-state index contributed by atoms with van der Waals surface area (Å²) in [6.07, 6.45) is 0. The van der Waals surface area contributed by atoms with E-state index in [0.717, 1.165) is 55.4 Å². The molecule has 0 aliphatic carbocycles. The van der Waals surface area contributed by atoms with E-state index in [9.17, 15) is 5.26 Å². The highest BCUT2D eigenvalue weighted by atomic mass is 32.1. The van der Waals surface area contributed by atoms with Gasteiger partial charge in [-0.2, -0.15) is 16.6 Å². The second-order valence-corrected chi connectivity index (χ2v) is 6.57. The van der Waals surface area contributed by atoms with Crippen molar-refractivity contribution < 1.29 is 0 Å². The van der Waals surface area contributed by atoms with Crippen LogP contribution in [0.15, 0.2) is 22.9 Å². The number of aryl methyl sites for hydroxylation is 2. The average Bonchev–Trinajstić information content (AvgIpc) is 3.00. The van der Waals surface area contributed by atoms with Crippen LogP contribution >= 0.6 is 11.3 Å². The van der Waals surface area contributed by atoms with Crippen molar-refractivity contribution in [3.8, 4) is 6.07 Å². The van der Waals surface area contributed by atoms with Crippen LogP contribution in [-0.2, 0) is 6.54 Å². The molecule has 1 aliphatic heterocycles. The number of hydrogen-bond acceptors (Lipinski definition) is 5. The largest absolute Gasteiger partial charge is 0.353 e. The van der Waals surface area contributed by atoms with E-state index in [4.69, 9.17) is 0 Å². The van der Waals surface area contributed by atoms with Gasteiger partial charge in [-0.05, 0) is 47.9 Å². The topological polar surface area (TPSA) is 43.2 Å². The van der Waals surface area contributed by atoms with Crippen LogP contribution in [0.4, 0.5) is 5.82 Å². The predicted octanol–water partition coefficient (Wildman–Crippen LogP) is 2.95. The molecule has 0 unspecified atom stereocenters. The van der Waals surface area contributed by atoms with Gasteiger partial charge in [0, 0.05) is 38.4 Å². The number of pyridine rings is 1. The minimum atomic E-state index is 0.719. The minimum absolute atomic E-state index is 0.719. The lowest BCUT2D eigenvalue weighted by atomic mass is 10.1. The van der Waals surface area contributed by atoms with Crippen molar-refractivity contribution in [3.63, 3.8) is 0 Å². The van der Waals surface area contributed by atoms with E-state index in [-0.39, 0.29) is 0 Å². The SMILES string of the molecule is Cc1cc(C)c(C#N)c(N2CCN(Cc3ccsc3)CC2)n1. The molecule has 1 fully saturated rings. The van der Waals surface area contributed by atoms with Crippen LogP contribution in [0.2, 0.25) is 0 Å². The molecule has 3 heterocycles. The zero-order chi connectivity index (χ0) is 15.5. The Morgan fingerprint density at radius 1 is 1.27 bits per heavy atom. The molecule has 0 bridgehead atoms. The molecule has 2 aromatic rings. The Morgan fingerprint density at radius 2 is 2.05 bits per heavy atom. The van der Waals surface area contributed by atoms with Gasteiger partial charge in [0.05, 0.1) is 5.56 Å². The van der Waals surface area contributed by atoms with Gasteiger partial charge in [-0.15, -0.1) is 0 Å². The summed E-state index contributed by atoms with van der Waals surface area (Å²) in [5.41, 5.74) is 4.11. The summed E-state index contributed by atoms with van der Waals surface area (Å²) in [5.74, 6) is 0.857. The van der Waals surface area contributed by atoms with Crippen LogP contribution in [0.25, 0.3) is 0 Å². The molecular weight excluding hydrogens is 292 g/mol. The molecule has 114 valence electrons. The molecule has 0 aromatic carbocycles. The van der Waals surface area contributed by atoms with Crippen molar-refractivity contribution in [3.05, 3.63) is 45.3 Å². The zero-order valence-electron chi connectivity index (χ0n) is 13.0. The molecule has 1 saturated heterocycles. The summed E-state index contributed by atoms with van der Waals surface area (Å²) >= 11 is 1.75. The van der Waals surface area contributed by atoms with Gasteiger partial charge >= 0.3 is 0 Å². The summed E-state index contributed by atoms with van der Waals surface area (Å²) in [5, 5.41) is 13.8. The number of rotatable bonds is 3. The number of piperazine rings is 1. The van der Waals surface area contributed by atoms with Gasteiger partial charge in [0.1, 0.15) is 11.9 Å². The van der Waals surface area contributed by atoms with E-state index >= 15 is 0 Å². The molecule has 0 atom stereocenters. The summed E-state index contributed by atoms with van der Waals surface area (Å²) in [4.78, 5) is 9.33. The fourth-order valence-corrected chi connectivity index (χ4v) is 3.60. The van der Waals surface area contributed by atoms with Crippen molar-refractivity contribution in [1.82, 2.24) is 9.88 Å². The van der Waals surface area contributed by atoms with Gasteiger partial charge in [0.2, 0.25) is 0 Å². The minimum Gasteiger partial charge on any atom is -0.353 e. The van der Waals surface area contributed by atoms with Crippen LogP contribution in [0.3, 0.4) is 0 Å². The van der Waals surface area contributed by atoms with Crippen molar-refractivity contribution in [1.29, 1.82) is 5.26 Å². The van der Waals surface area contributed by atoms with Gasteiger partial charge in [-0.1, -0.05) is 0 Å². The van der Waals surface area contributed by atoms with Crippen molar-refractivity contribution in [2.24, 2.45) is 0 Å². The Hall–Kier alpha value is -1.90. The zero-order valence-corrected chi connectivity index (χ0v) is 13.9. The van der Waals surface area contributed by atoms with E-state index in [2.05, 4.69) is 37.7 Å². The summed E-state index contributed by atoms with van der Waals surface area (Å²) in [6, 6.07) is 6.49. The van der Waals surface area contributed by atoms with Gasteiger partial charge in [-0.25, -0.2) is 4.98 Å². The Morgan fingerprint density at radius 3 is 2.68 bits per heavy atom. The number of hydrogen-bond donors (Lipinski definition) is 0. The maximum Gasteiger partial charge on any atom is 0.147 e. The Bertz CT molecular complexity index is 679. The van der Waals surface area contributed by atoms with E-state index in [1.807, 2.05) is 19.9 Å². The summed E-state index contributed by atoms with van der Waals surface area (Å²) in [6.45, 7) is 8.87. The average molecular weight is 312 g/mol. The third-order valence-electron chi connectivity index (χ3n) is 4.10. The highest BCUT2D eigenvalue weighted by Gasteiger charge is 2.21. The first kappa shape index (κ1) is 15.0. The van der Waals surface area contributed by atoms with E-state index in [0.29, 0.717) is 0 Å². The molecule has 0 amide bonds. The van der Waals surface area contributed by atoms with Crippen LogP contribution < -0.4 is 4.90 Å². The number of thiophene rings is 1. The van der Waals surface area contributed by atoms with E-state index < -0.39 is 0 Å². The number of nitrogens with zero attached hydrogens (tertiary/aromatic N) is 4. The molecule has 4 nitrogen and oxygen atoms in total. The first-order valence-electron chi connectivity index (χ1n) is 7.54. The molecule has 0 spiro atoms. The molecule has 0 N–H and O–H groups in total. The molecule has 0 radical (unpaired) electrons. The highest BCUT2D eigenvalue weighted by molar-refractivity contribution is 7.07. The second-order valence-electron chi connectivity index (χ2n) is 5.79. The third-order valence-corrected chi connectivity index (χ3v) is 4.83. The lowest BCUT2D eigenvalue weighted by Gasteiger charge is -2.35. The van der Waals surface area contributed by atoms with Crippen LogP contribution in [-0.4, -0.2) is 36.1 Å². The lowest BCUT2D eigenvalue weighted by Crippen LogP contribution is -2.46. The van der Waals surface area contributed by atoms with Crippen LogP contribution in [0.1, 0.15) is 22.4 Å². The maximum atomic E-state index is 9.42. The van der Waals surface area contributed by atoms with Crippen molar-refractivity contribution in [2.75, 3.05) is 31.1 Å². The van der Waals surface area contributed by atoms with Crippen molar-refractivity contribution >= 4 is 17.2 Å². The van der Waals surface area contributed by atoms with E-state index in [1.54, 1.807) is 11.3 Å². The maximum absolute atomic E-state index is 9.42. The monoisotopic (exact) mass is 312 g/mol. The van der Waals surface area contributed by atoms with E-state index in [1.165, 1.54) is 5.56 Å². The molecule has 1 aliphatic rings. The lowest BCUT2D eigenvalue weighted by molar-refractivity contribution is 0.249. The van der Waals surface area contributed by atoms with Crippen LogP contribution in [0.5, 0.6) is 0 Å². The van der Waals surface area contributed by atoms with Gasteiger partial charge in [0.15, 0.2) is 0 Å². The van der Waals surface area contributed by atoms with Crippen molar-refractivity contribution in [2.45, 2.75) is 20.4 Å². The molecule has 22 heavy (non-hydrogen) atoms. The van der Waals surface area contributed by atoms with Crippen LogP contribution in [0, 0.1) is 25.2 Å². The molecule has 2 aromatic heterocycles. The molecular formula is C17H20N4S. The normalized spacial score (nSPS) is 15.8. The predicted molar refractivity (Wildman–Crippen MR) is 90.2 cm³/mol. The summed E-state index contributed by atoms with van der Waals surface area (Å²) < 4.78 is 0.